The minimum Gasteiger partial charge on any atom is -0.385 e. The van der Waals surface area contributed by atoms with E-state index in [0.29, 0.717) is 6.04 Å². The van der Waals surface area contributed by atoms with Crippen LogP contribution in [-0.2, 0) is 17.8 Å². The Balaban J connectivity index is 2.29. The molecule has 0 saturated heterocycles. The summed E-state index contributed by atoms with van der Waals surface area (Å²) in [5, 5.41) is 3.34. The Morgan fingerprint density at radius 1 is 1.53 bits per heavy atom. The Kier molecular flexibility index (Phi) is 5.36. The molecule has 1 heterocycles. The van der Waals surface area contributed by atoms with Crippen molar-refractivity contribution in [3.63, 3.8) is 0 Å². The number of nitrogens with one attached hydrogen (secondary N) is 1. The highest BCUT2D eigenvalue weighted by Crippen LogP contribution is 1.98. The van der Waals surface area contributed by atoms with Crippen molar-refractivity contribution in [2.24, 2.45) is 0 Å². The Morgan fingerprint density at radius 3 is 3.00 bits per heavy atom. The molecule has 0 unspecified atom stereocenters. The first-order valence-corrected chi connectivity index (χ1v) is 5.45. The van der Waals surface area contributed by atoms with E-state index in [1.54, 1.807) is 7.11 Å². The Labute approximate surface area is 91.7 Å². The van der Waals surface area contributed by atoms with Crippen LogP contribution in [0, 0.1) is 0 Å². The monoisotopic (exact) mass is 211 g/mol. The van der Waals surface area contributed by atoms with Crippen molar-refractivity contribution in [2.45, 2.75) is 39.4 Å². The van der Waals surface area contributed by atoms with E-state index in [-0.39, 0.29) is 0 Å². The Bertz CT molecular complexity index is 271. The SMILES string of the molecule is COCCCn1cnc(CNC(C)C)c1. The van der Waals surface area contributed by atoms with E-state index in [1.807, 2.05) is 6.33 Å². The minimum absolute atomic E-state index is 0.503. The van der Waals surface area contributed by atoms with Gasteiger partial charge in [-0.25, -0.2) is 4.98 Å². The highest BCUT2D eigenvalue weighted by molar-refractivity contribution is 4.96. The van der Waals surface area contributed by atoms with Crippen molar-refractivity contribution >= 4 is 0 Å². The molecule has 0 bridgehead atoms. The number of aryl methyl sites for hydroxylation is 1. The summed E-state index contributed by atoms with van der Waals surface area (Å²) in [6, 6.07) is 0.503. The van der Waals surface area contributed by atoms with Crippen LogP contribution in [0.25, 0.3) is 0 Å². The number of ether oxygens (including phenoxy) is 1. The number of hydrogen-bond acceptors (Lipinski definition) is 3. The van der Waals surface area contributed by atoms with Gasteiger partial charge in [-0.05, 0) is 6.42 Å². The van der Waals surface area contributed by atoms with Crippen molar-refractivity contribution in [3.8, 4) is 0 Å². The Morgan fingerprint density at radius 2 is 2.33 bits per heavy atom. The third-order valence-corrected chi connectivity index (χ3v) is 2.14. The molecule has 0 radical (unpaired) electrons. The first-order valence-electron chi connectivity index (χ1n) is 5.45. The summed E-state index contributed by atoms with van der Waals surface area (Å²) in [6.07, 6.45) is 5.00. The third-order valence-electron chi connectivity index (χ3n) is 2.14. The number of imidazole rings is 1. The predicted octanol–water partition coefficient (Wildman–Crippen LogP) is 1.42. The van der Waals surface area contributed by atoms with Crippen LogP contribution >= 0.6 is 0 Å². The summed E-state index contributed by atoms with van der Waals surface area (Å²) >= 11 is 0. The maximum atomic E-state index is 5.00. The fourth-order valence-electron chi connectivity index (χ4n) is 1.32. The average Bonchev–Trinajstić information content (AvgIpc) is 2.63. The average molecular weight is 211 g/mol. The fourth-order valence-corrected chi connectivity index (χ4v) is 1.32. The van der Waals surface area contributed by atoms with Gasteiger partial charge < -0.3 is 14.6 Å². The van der Waals surface area contributed by atoms with E-state index in [2.05, 4.69) is 34.9 Å². The molecule has 4 nitrogen and oxygen atoms in total. The molecule has 0 atom stereocenters. The normalized spacial score (nSPS) is 11.2. The van der Waals surface area contributed by atoms with Gasteiger partial charge in [-0.2, -0.15) is 0 Å². The molecular weight excluding hydrogens is 190 g/mol. The minimum atomic E-state index is 0.503. The van der Waals surface area contributed by atoms with Gasteiger partial charge in [-0.15, -0.1) is 0 Å². The first-order chi connectivity index (χ1) is 7.22. The molecule has 4 heteroatoms. The van der Waals surface area contributed by atoms with Gasteiger partial charge >= 0.3 is 0 Å². The number of aromatic nitrogens is 2. The zero-order valence-corrected chi connectivity index (χ0v) is 9.86. The largest absolute Gasteiger partial charge is 0.385 e. The molecule has 1 N–H and O–H groups in total. The second-order valence-electron chi connectivity index (χ2n) is 3.98. The van der Waals surface area contributed by atoms with Gasteiger partial charge in [0.1, 0.15) is 0 Å². The lowest BCUT2D eigenvalue weighted by Crippen LogP contribution is -2.21. The first kappa shape index (κ1) is 12.2. The molecule has 1 rings (SSSR count). The topological polar surface area (TPSA) is 39.1 Å². The lowest BCUT2D eigenvalue weighted by atomic mass is 10.3. The van der Waals surface area contributed by atoms with Gasteiger partial charge in [0.15, 0.2) is 0 Å². The van der Waals surface area contributed by atoms with Crippen molar-refractivity contribution in [2.75, 3.05) is 13.7 Å². The second kappa shape index (κ2) is 6.58. The summed E-state index contributed by atoms with van der Waals surface area (Å²) in [4.78, 5) is 4.33. The molecule has 0 aliphatic carbocycles. The smallest absolute Gasteiger partial charge is 0.0949 e. The van der Waals surface area contributed by atoms with E-state index in [9.17, 15) is 0 Å². The van der Waals surface area contributed by atoms with Crippen molar-refractivity contribution in [1.82, 2.24) is 14.9 Å². The van der Waals surface area contributed by atoms with Crippen LogP contribution in [0.5, 0.6) is 0 Å². The molecule has 1 aromatic rings. The molecule has 0 aliphatic rings. The van der Waals surface area contributed by atoms with Crippen LogP contribution in [0.3, 0.4) is 0 Å². The summed E-state index contributed by atoms with van der Waals surface area (Å²) in [7, 11) is 1.73. The van der Waals surface area contributed by atoms with Crippen LogP contribution in [0.4, 0.5) is 0 Å². The van der Waals surface area contributed by atoms with Crippen LogP contribution in [0.1, 0.15) is 26.0 Å². The van der Waals surface area contributed by atoms with Gasteiger partial charge in [-0.3, -0.25) is 0 Å². The van der Waals surface area contributed by atoms with Gasteiger partial charge in [-0.1, -0.05) is 13.8 Å². The van der Waals surface area contributed by atoms with Crippen molar-refractivity contribution in [1.29, 1.82) is 0 Å². The molecule has 0 spiro atoms. The zero-order chi connectivity index (χ0) is 11.1. The highest BCUT2D eigenvalue weighted by Gasteiger charge is 1.99. The van der Waals surface area contributed by atoms with E-state index < -0.39 is 0 Å². The number of nitrogens with zero attached hydrogens (tertiary/aromatic N) is 2. The quantitative estimate of drug-likeness (QED) is 0.693. The van der Waals surface area contributed by atoms with Crippen LogP contribution < -0.4 is 5.32 Å². The zero-order valence-electron chi connectivity index (χ0n) is 9.86. The molecule has 0 amide bonds. The molecule has 1 aromatic heterocycles. The van der Waals surface area contributed by atoms with Gasteiger partial charge in [0.05, 0.1) is 12.0 Å². The summed E-state index contributed by atoms with van der Waals surface area (Å²) < 4.78 is 7.11. The van der Waals surface area contributed by atoms with Gasteiger partial charge in [0.2, 0.25) is 0 Å². The maximum Gasteiger partial charge on any atom is 0.0949 e. The molecular formula is C11H21N3O. The van der Waals surface area contributed by atoms with Crippen LogP contribution in [0.2, 0.25) is 0 Å². The van der Waals surface area contributed by atoms with E-state index in [4.69, 9.17) is 4.74 Å². The molecule has 86 valence electrons. The van der Waals surface area contributed by atoms with E-state index in [1.165, 1.54) is 0 Å². The fraction of sp³-hybridized carbons (Fsp3) is 0.727. The van der Waals surface area contributed by atoms with Gasteiger partial charge in [0, 0.05) is 39.0 Å². The number of hydrogen-bond donors (Lipinski definition) is 1. The van der Waals surface area contributed by atoms with Gasteiger partial charge in [0.25, 0.3) is 0 Å². The van der Waals surface area contributed by atoms with Crippen LogP contribution in [0.15, 0.2) is 12.5 Å². The van der Waals surface area contributed by atoms with Crippen LogP contribution in [-0.4, -0.2) is 29.3 Å². The van der Waals surface area contributed by atoms with E-state index in [0.717, 1.165) is 31.8 Å². The van der Waals surface area contributed by atoms with E-state index >= 15 is 0 Å². The molecule has 0 fully saturated rings. The summed E-state index contributed by atoms with van der Waals surface area (Å²) in [6.45, 7) is 6.89. The second-order valence-corrected chi connectivity index (χ2v) is 3.98. The lowest BCUT2D eigenvalue weighted by molar-refractivity contribution is 0.190. The number of rotatable bonds is 7. The highest BCUT2D eigenvalue weighted by atomic mass is 16.5. The molecule has 0 aliphatic heterocycles. The summed E-state index contributed by atoms with van der Waals surface area (Å²) in [5.74, 6) is 0. The van der Waals surface area contributed by atoms with Crippen molar-refractivity contribution in [3.05, 3.63) is 18.2 Å². The number of methoxy groups -OCH3 is 1. The van der Waals surface area contributed by atoms with Crippen molar-refractivity contribution < 1.29 is 4.74 Å². The standard InChI is InChI=1S/C11H21N3O/c1-10(2)12-7-11-8-14(9-13-11)5-4-6-15-3/h8-10,12H,4-7H2,1-3H3. The third kappa shape index (κ3) is 4.95. The lowest BCUT2D eigenvalue weighted by Gasteiger charge is -2.04. The molecule has 0 saturated carbocycles. The molecule has 0 aromatic carbocycles. The molecule has 15 heavy (non-hydrogen) atoms. The summed E-state index contributed by atoms with van der Waals surface area (Å²) in [5.41, 5.74) is 1.10. The maximum absolute atomic E-state index is 5.00. The predicted molar refractivity (Wildman–Crippen MR) is 60.7 cm³/mol. The Hall–Kier alpha value is -0.870.